The van der Waals surface area contributed by atoms with E-state index in [0.717, 1.165) is 17.2 Å². The smallest absolute Gasteiger partial charge is 0.411 e. The van der Waals surface area contributed by atoms with Crippen LogP contribution in [0.5, 0.6) is 0 Å². The molecule has 0 saturated carbocycles. The Morgan fingerprint density at radius 1 is 1.44 bits per heavy atom. The van der Waals surface area contributed by atoms with Gasteiger partial charge in [-0.3, -0.25) is 5.32 Å². The van der Waals surface area contributed by atoms with Crippen molar-refractivity contribution in [2.75, 3.05) is 11.9 Å². The molecule has 0 fully saturated rings. The molecule has 5 nitrogen and oxygen atoms in total. The van der Waals surface area contributed by atoms with Gasteiger partial charge in [0, 0.05) is 11.8 Å². The third-order valence-corrected chi connectivity index (χ3v) is 2.18. The largest absolute Gasteiger partial charge is 0.478 e. The Bertz CT molecular complexity index is 480. The molecule has 0 unspecified atom stereocenters. The van der Waals surface area contributed by atoms with Crippen LogP contribution in [0.25, 0.3) is 6.08 Å². The zero-order chi connectivity index (χ0) is 13.5. The number of ether oxygens (including phenoxy) is 1. The molecule has 18 heavy (non-hydrogen) atoms. The van der Waals surface area contributed by atoms with E-state index in [2.05, 4.69) is 5.32 Å². The number of benzene rings is 1. The Labute approximate surface area is 105 Å². The number of aliphatic carboxylic acids is 1. The lowest BCUT2D eigenvalue weighted by Crippen LogP contribution is -2.14. The van der Waals surface area contributed by atoms with Crippen LogP contribution < -0.4 is 5.32 Å². The molecular formula is C13H15NO4. The van der Waals surface area contributed by atoms with Gasteiger partial charge in [-0.2, -0.15) is 0 Å². The molecule has 96 valence electrons. The lowest BCUT2D eigenvalue weighted by molar-refractivity contribution is -0.131. The van der Waals surface area contributed by atoms with Crippen LogP contribution in [0.3, 0.4) is 0 Å². The Balaban J connectivity index is 2.79. The molecule has 0 aromatic heterocycles. The van der Waals surface area contributed by atoms with Crippen LogP contribution in [0.4, 0.5) is 10.5 Å². The molecule has 5 heteroatoms. The average molecular weight is 249 g/mol. The third-order valence-electron chi connectivity index (χ3n) is 2.18. The lowest BCUT2D eigenvalue weighted by Gasteiger charge is -2.08. The second-order valence-electron chi connectivity index (χ2n) is 3.59. The SMILES string of the molecule is CCOC(=O)Nc1ccc(/C=C/C(=O)O)cc1C. The zero-order valence-corrected chi connectivity index (χ0v) is 10.3. The van der Waals surface area contributed by atoms with E-state index in [0.29, 0.717) is 12.3 Å². The molecule has 0 aliphatic rings. The van der Waals surface area contributed by atoms with Gasteiger partial charge in [0.1, 0.15) is 0 Å². The van der Waals surface area contributed by atoms with Gasteiger partial charge in [-0.25, -0.2) is 9.59 Å². The number of rotatable bonds is 4. The van der Waals surface area contributed by atoms with Crippen molar-refractivity contribution < 1.29 is 19.4 Å². The summed E-state index contributed by atoms with van der Waals surface area (Å²) in [4.78, 5) is 21.6. The fraction of sp³-hybridized carbons (Fsp3) is 0.231. The number of anilines is 1. The summed E-state index contributed by atoms with van der Waals surface area (Å²) < 4.78 is 4.77. The van der Waals surface area contributed by atoms with E-state index in [1.807, 2.05) is 6.92 Å². The Hall–Kier alpha value is -2.30. The van der Waals surface area contributed by atoms with E-state index in [9.17, 15) is 9.59 Å². The first-order chi connectivity index (χ1) is 8.52. The first kappa shape index (κ1) is 13.8. The molecule has 1 rings (SSSR count). The Morgan fingerprint density at radius 3 is 2.72 bits per heavy atom. The standard InChI is InChI=1S/C13H15NO4/c1-3-18-13(17)14-11-6-4-10(8-9(11)2)5-7-12(15)16/h4-8H,3H2,1-2H3,(H,14,17)(H,15,16)/b7-5+. The maximum atomic E-state index is 11.2. The molecule has 1 aromatic rings. The number of carbonyl (C=O) groups excluding carboxylic acids is 1. The Kier molecular flexibility index (Phi) is 4.92. The summed E-state index contributed by atoms with van der Waals surface area (Å²) in [5, 5.41) is 11.1. The van der Waals surface area contributed by atoms with Crippen LogP contribution in [-0.4, -0.2) is 23.8 Å². The summed E-state index contributed by atoms with van der Waals surface area (Å²) in [5.74, 6) is -0.999. The minimum absolute atomic E-state index is 0.310. The minimum atomic E-state index is -0.999. The number of carboxylic acid groups (broad SMARTS) is 1. The van der Waals surface area contributed by atoms with E-state index in [1.165, 1.54) is 6.08 Å². The highest BCUT2D eigenvalue weighted by Gasteiger charge is 2.04. The van der Waals surface area contributed by atoms with Crippen LogP contribution in [0.2, 0.25) is 0 Å². The topological polar surface area (TPSA) is 75.6 Å². The van der Waals surface area contributed by atoms with Gasteiger partial charge in [-0.1, -0.05) is 6.07 Å². The molecule has 1 aromatic carbocycles. The fourth-order valence-corrected chi connectivity index (χ4v) is 1.38. The van der Waals surface area contributed by atoms with Crippen molar-refractivity contribution in [2.45, 2.75) is 13.8 Å². The molecule has 0 heterocycles. The van der Waals surface area contributed by atoms with E-state index in [-0.39, 0.29) is 0 Å². The van der Waals surface area contributed by atoms with Crippen LogP contribution in [0, 0.1) is 6.92 Å². The second-order valence-corrected chi connectivity index (χ2v) is 3.59. The first-order valence-corrected chi connectivity index (χ1v) is 5.48. The molecule has 0 radical (unpaired) electrons. The first-order valence-electron chi connectivity index (χ1n) is 5.48. The van der Waals surface area contributed by atoms with Crippen molar-refractivity contribution >= 4 is 23.8 Å². The van der Waals surface area contributed by atoms with Crippen LogP contribution >= 0.6 is 0 Å². The monoisotopic (exact) mass is 249 g/mol. The summed E-state index contributed by atoms with van der Waals surface area (Å²) in [7, 11) is 0. The van der Waals surface area contributed by atoms with E-state index >= 15 is 0 Å². The van der Waals surface area contributed by atoms with Gasteiger partial charge in [0.25, 0.3) is 0 Å². The molecule has 1 amide bonds. The molecule has 0 bridgehead atoms. The maximum Gasteiger partial charge on any atom is 0.411 e. The van der Waals surface area contributed by atoms with Crippen LogP contribution in [0.1, 0.15) is 18.1 Å². The van der Waals surface area contributed by atoms with E-state index in [4.69, 9.17) is 9.84 Å². The van der Waals surface area contributed by atoms with Gasteiger partial charge in [0.15, 0.2) is 0 Å². The average Bonchev–Trinajstić information content (AvgIpc) is 2.30. The molecule has 0 spiro atoms. The zero-order valence-electron chi connectivity index (χ0n) is 10.3. The van der Waals surface area contributed by atoms with Crippen molar-refractivity contribution in [3.8, 4) is 0 Å². The summed E-state index contributed by atoms with van der Waals surface area (Å²) in [6.07, 6.45) is 2.05. The van der Waals surface area contributed by atoms with Crippen LogP contribution in [-0.2, 0) is 9.53 Å². The van der Waals surface area contributed by atoms with Gasteiger partial charge >= 0.3 is 12.1 Å². The fourth-order valence-electron chi connectivity index (χ4n) is 1.38. The third kappa shape index (κ3) is 4.29. The molecule has 2 N–H and O–H groups in total. The molecule has 0 aliphatic heterocycles. The van der Waals surface area contributed by atoms with Crippen molar-refractivity contribution in [1.29, 1.82) is 0 Å². The molecule has 0 aliphatic carbocycles. The summed E-state index contributed by atoms with van der Waals surface area (Å²) in [6, 6.07) is 5.20. The van der Waals surface area contributed by atoms with E-state index in [1.54, 1.807) is 25.1 Å². The highest BCUT2D eigenvalue weighted by molar-refractivity contribution is 5.87. The predicted octanol–water partition coefficient (Wildman–Crippen LogP) is 2.66. The molecule has 0 atom stereocenters. The summed E-state index contributed by atoms with van der Waals surface area (Å²) >= 11 is 0. The highest BCUT2D eigenvalue weighted by Crippen LogP contribution is 2.17. The highest BCUT2D eigenvalue weighted by atomic mass is 16.5. The van der Waals surface area contributed by atoms with Crippen molar-refractivity contribution in [3.63, 3.8) is 0 Å². The van der Waals surface area contributed by atoms with Crippen molar-refractivity contribution in [3.05, 3.63) is 35.4 Å². The predicted molar refractivity (Wildman–Crippen MR) is 68.5 cm³/mol. The lowest BCUT2D eigenvalue weighted by atomic mass is 10.1. The number of aryl methyl sites for hydroxylation is 1. The second kappa shape index (κ2) is 6.44. The van der Waals surface area contributed by atoms with Crippen molar-refractivity contribution in [1.82, 2.24) is 0 Å². The van der Waals surface area contributed by atoms with Crippen LogP contribution in [0.15, 0.2) is 24.3 Å². The molecular weight excluding hydrogens is 234 g/mol. The number of amides is 1. The molecule has 0 saturated heterocycles. The van der Waals surface area contributed by atoms with Gasteiger partial charge in [0.05, 0.1) is 6.61 Å². The number of hydrogen-bond acceptors (Lipinski definition) is 3. The Morgan fingerprint density at radius 2 is 2.17 bits per heavy atom. The number of nitrogens with one attached hydrogen (secondary N) is 1. The van der Waals surface area contributed by atoms with Gasteiger partial charge in [-0.05, 0) is 43.2 Å². The maximum absolute atomic E-state index is 11.2. The quantitative estimate of drug-likeness (QED) is 0.804. The number of hydrogen-bond donors (Lipinski definition) is 2. The van der Waals surface area contributed by atoms with Crippen molar-refractivity contribution in [2.24, 2.45) is 0 Å². The minimum Gasteiger partial charge on any atom is -0.478 e. The van der Waals surface area contributed by atoms with Gasteiger partial charge in [0.2, 0.25) is 0 Å². The summed E-state index contributed by atoms with van der Waals surface area (Å²) in [6.45, 7) is 3.86. The summed E-state index contributed by atoms with van der Waals surface area (Å²) in [5.41, 5.74) is 2.22. The van der Waals surface area contributed by atoms with E-state index < -0.39 is 12.1 Å². The van der Waals surface area contributed by atoms with Gasteiger partial charge in [-0.15, -0.1) is 0 Å². The van der Waals surface area contributed by atoms with Gasteiger partial charge < -0.3 is 9.84 Å². The normalized spacial score (nSPS) is 10.3. The number of carboxylic acids is 1. The number of carbonyl (C=O) groups is 2.